The molecule has 0 spiro atoms. The van der Waals surface area contributed by atoms with Gasteiger partial charge in [0.1, 0.15) is 5.82 Å². The van der Waals surface area contributed by atoms with Gasteiger partial charge in [0.05, 0.1) is 11.5 Å². The molecule has 0 amide bonds. The number of rotatable bonds is 7. The Hall–Kier alpha value is -1.40. The molecule has 104 valence electrons. The van der Waals surface area contributed by atoms with Crippen molar-refractivity contribution in [3.8, 4) is 6.07 Å². The summed E-state index contributed by atoms with van der Waals surface area (Å²) in [7, 11) is 0. The van der Waals surface area contributed by atoms with Gasteiger partial charge in [-0.25, -0.2) is 4.39 Å². The molecule has 1 rings (SSSR count). The summed E-state index contributed by atoms with van der Waals surface area (Å²) in [4.78, 5) is 0. The molecule has 1 atom stereocenters. The van der Waals surface area contributed by atoms with Gasteiger partial charge in [-0.2, -0.15) is 5.26 Å². The van der Waals surface area contributed by atoms with E-state index in [1.165, 1.54) is 12.1 Å². The van der Waals surface area contributed by atoms with E-state index in [-0.39, 0.29) is 11.2 Å². The van der Waals surface area contributed by atoms with Gasteiger partial charge in [0.15, 0.2) is 0 Å². The SMILES string of the molecule is CC(Cc1ccc(F)cc1)NCCCC(C)(C)C#N. The predicted molar refractivity (Wildman–Crippen MR) is 76.2 cm³/mol. The second kappa shape index (κ2) is 7.25. The first-order valence-corrected chi connectivity index (χ1v) is 6.82. The van der Waals surface area contributed by atoms with Crippen LogP contribution in [0.5, 0.6) is 0 Å². The summed E-state index contributed by atoms with van der Waals surface area (Å²) in [5.74, 6) is -0.192. The number of halogens is 1. The van der Waals surface area contributed by atoms with Crippen LogP contribution in [-0.2, 0) is 6.42 Å². The molecule has 1 aromatic carbocycles. The topological polar surface area (TPSA) is 35.8 Å². The molecule has 0 radical (unpaired) electrons. The molecule has 0 bridgehead atoms. The lowest BCUT2D eigenvalue weighted by atomic mass is 9.90. The number of hydrogen-bond donors (Lipinski definition) is 1. The molecule has 0 saturated carbocycles. The maximum atomic E-state index is 12.8. The standard InChI is InChI=1S/C16H23FN2/c1-13(11-14-5-7-15(17)8-6-14)19-10-4-9-16(2,3)12-18/h5-8,13,19H,4,9-11H2,1-3H3. The summed E-state index contributed by atoms with van der Waals surface area (Å²) >= 11 is 0. The summed E-state index contributed by atoms with van der Waals surface area (Å²) in [6.07, 6.45) is 2.79. The Labute approximate surface area is 115 Å². The third kappa shape index (κ3) is 6.35. The second-order valence-corrected chi connectivity index (χ2v) is 5.79. The smallest absolute Gasteiger partial charge is 0.123 e. The van der Waals surface area contributed by atoms with Crippen LogP contribution in [0.15, 0.2) is 24.3 Å². The van der Waals surface area contributed by atoms with Gasteiger partial charge in [0, 0.05) is 6.04 Å². The van der Waals surface area contributed by atoms with Crippen molar-refractivity contribution in [3.05, 3.63) is 35.6 Å². The first-order chi connectivity index (χ1) is 8.93. The van der Waals surface area contributed by atoms with Crippen LogP contribution in [0.4, 0.5) is 4.39 Å². The highest BCUT2D eigenvalue weighted by atomic mass is 19.1. The minimum atomic E-state index is -0.234. The third-order valence-electron chi connectivity index (χ3n) is 3.23. The predicted octanol–water partition coefficient (Wildman–Crippen LogP) is 3.68. The fraction of sp³-hybridized carbons (Fsp3) is 0.562. The van der Waals surface area contributed by atoms with Gasteiger partial charge in [0.2, 0.25) is 0 Å². The molecule has 0 aromatic heterocycles. The highest BCUT2D eigenvalue weighted by Gasteiger charge is 2.15. The molecule has 0 aliphatic heterocycles. The number of nitrogens with one attached hydrogen (secondary N) is 1. The molecular weight excluding hydrogens is 239 g/mol. The van der Waals surface area contributed by atoms with Crippen molar-refractivity contribution in [3.63, 3.8) is 0 Å². The minimum Gasteiger partial charge on any atom is -0.314 e. The van der Waals surface area contributed by atoms with Crippen molar-refractivity contribution in [1.82, 2.24) is 5.32 Å². The van der Waals surface area contributed by atoms with E-state index in [2.05, 4.69) is 18.3 Å². The van der Waals surface area contributed by atoms with Crippen LogP contribution in [0, 0.1) is 22.6 Å². The molecule has 1 unspecified atom stereocenters. The Bertz CT molecular complexity index is 417. The fourth-order valence-electron chi connectivity index (χ4n) is 1.98. The number of nitrogens with zero attached hydrogens (tertiary/aromatic N) is 1. The number of benzene rings is 1. The highest BCUT2D eigenvalue weighted by molar-refractivity contribution is 5.16. The van der Waals surface area contributed by atoms with E-state index < -0.39 is 0 Å². The minimum absolute atomic E-state index is 0.192. The summed E-state index contributed by atoms with van der Waals surface area (Å²) in [5, 5.41) is 12.4. The van der Waals surface area contributed by atoms with E-state index in [0.717, 1.165) is 31.4 Å². The van der Waals surface area contributed by atoms with Crippen molar-refractivity contribution < 1.29 is 4.39 Å². The van der Waals surface area contributed by atoms with Crippen molar-refractivity contribution in [2.24, 2.45) is 5.41 Å². The Morgan fingerprint density at radius 3 is 2.53 bits per heavy atom. The molecule has 2 nitrogen and oxygen atoms in total. The van der Waals surface area contributed by atoms with Gasteiger partial charge in [-0.15, -0.1) is 0 Å². The lowest BCUT2D eigenvalue weighted by molar-refractivity contribution is 0.415. The number of nitriles is 1. The molecular formula is C16H23FN2. The van der Waals surface area contributed by atoms with Crippen molar-refractivity contribution >= 4 is 0 Å². The van der Waals surface area contributed by atoms with Gasteiger partial charge < -0.3 is 5.32 Å². The van der Waals surface area contributed by atoms with Crippen molar-refractivity contribution in [1.29, 1.82) is 5.26 Å². The Kier molecular flexibility index (Phi) is 5.98. The maximum Gasteiger partial charge on any atom is 0.123 e. The molecule has 1 aromatic rings. The quantitative estimate of drug-likeness (QED) is 0.761. The van der Waals surface area contributed by atoms with Gasteiger partial charge in [-0.1, -0.05) is 12.1 Å². The lowest BCUT2D eigenvalue weighted by Crippen LogP contribution is -2.29. The van der Waals surface area contributed by atoms with Crippen molar-refractivity contribution in [2.45, 2.75) is 46.1 Å². The molecule has 0 aliphatic rings. The molecule has 0 heterocycles. The molecule has 0 aliphatic carbocycles. The zero-order valence-corrected chi connectivity index (χ0v) is 12.0. The Balaban J connectivity index is 2.23. The summed E-state index contributed by atoms with van der Waals surface area (Å²) in [5.41, 5.74) is 0.903. The summed E-state index contributed by atoms with van der Waals surface area (Å²) < 4.78 is 12.8. The molecule has 19 heavy (non-hydrogen) atoms. The highest BCUT2D eigenvalue weighted by Crippen LogP contribution is 2.20. The van der Waals surface area contributed by atoms with E-state index >= 15 is 0 Å². The first kappa shape index (κ1) is 15.7. The monoisotopic (exact) mass is 262 g/mol. The Morgan fingerprint density at radius 1 is 1.32 bits per heavy atom. The van der Waals surface area contributed by atoms with Crippen LogP contribution in [0.3, 0.4) is 0 Å². The van der Waals surface area contributed by atoms with Crippen LogP contribution in [-0.4, -0.2) is 12.6 Å². The average molecular weight is 262 g/mol. The van der Waals surface area contributed by atoms with Crippen molar-refractivity contribution in [2.75, 3.05) is 6.54 Å². The zero-order chi connectivity index (χ0) is 14.3. The van der Waals surface area contributed by atoms with E-state index in [4.69, 9.17) is 5.26 Å². The third-order valence-corrected chi connectivity index (χ3v) is 3.23. The van der Waals surface area contributed by atoms with Gasteiger partial charge in [-0.3, -0.25) is 0 Å². The van der Waals surface area contributed by atoms with E-state index in [9.17, 15) is 4.39 Å². The average Bonchev–Trinajstić information content (AvgIpc) is 2.38. The van der Waals surface area contributed by atoms with E-state index in [1.54, 1.807) is 0 Å². The van der Waals surface area contributed by atoms with E-state index in [0.29, 0.717) is 6.04 Å². The largest absolute Gasteiger partial charge is 0.314 e. The van der Waals surface area contributed by atoms with Gasteiger partial charge in [-0.05, 0) is 64.3 Å². The Morgan fingerprint density at radius 2 is 1.95 bits per heavy atom. The zero-order valence-electron chi connectivity index (χ0n) is 12.0. The maximum absolute atomic E-state index is 12.8. The van der Waals surface area contributed by atoms with E-state index in [1.807, 2.05) is 26.0 Å². The number of hydrogen-bond acceptors (Lipinski definition) is 2. The van der Waals surface area contributed by atoms with Crippen LogP contribution in [0.2, 0.25) is 0 Å². The van der Waals surface area contributed by atoms with Crippen LogP contribution in [0.25, 0.3) is 0 Å². The van der Waals surface area contributed by atoms with Crippen LogP contribution >= 0.6 is 0 Å². The van der Waals surface area contributed by atoms with Gasteiger partial charge >= 0.3 is 0 Å². The molecule has 0 fully saturated rings. The second-order valence-electron chi connectivity index (χ2n) is 5.79. The normalized spacial score (nSPS) is 13.0. The summed E-state index contributed by atoms with van der Waals surface area (Å²) in [6, 6.07) is 9.31. The first-order valence-electron chi connectivity index (χ1n) is 6.82. The van der Waals surface area contributed by atoms with Gasteiger partial charge in [0.25, 0.3) is 0 Å². The molecule has 3 heteroatoms. The molecule has 0 saturated heterocycles. The van der Waals surface area contributed by atoms with Crippen LogP contribution < -0.4 is 5.32 Å². The molecule has 1 N–H and O–H groups in total. The summed E-state index contributed by atoms with van der Waals surface area (Å²) in [6.45, 7) is 6.97. The fourth-order valence-corrected chi connectivity index (χ4v) is 1.98. The van der Waals surface area contributed by atoms with Crippen LogP contribution in [0.1, 0.15) is 39.2 Å². The lowest BCUT2D eigenvalue weighted by Gasteiger charge is -2.17.